The highest BCUT2D eigenvalue weighted by Crippen LogP contribution is 2.18. The number of alkyl halides is 1. The lowest BCUT2D eigenvalue weighted by atomic mass is 10.0. The Kier molecular flexibility index (Phi) is 5.67. The third kappa shape index (κ3) is 5.21. The molecule has 0 saturated carbocycles. The maximum Gasteiger partial charge on any atom is 0.154 e. The minimum absolute atomic E-state index is 0.143. The molecule has 2 nitrogen and oxygen atoms in total. The SMILES string of the molecule is CC(C)C(CBr)CS(=O)(=O)Cc1ccccc1. The normalized spacial score (nSPS) is 13.9. The number of sulfone groups is 1. The lowest BCUT2D eigenvalue weighted by Crippen LogP contribution is -2.23. The molecule has 0 amide bonds. The Hall–Kier alpha value is -0.350. The quantitative estimate of drug-likeness (QED) is 0.754. The van der Waals surface area contributed by atoms with Crippen molar-refractivity contribution in [3.63, 3.8) is 0 Å². The summed E-state index contributed by atoms with van der Waals surface area (Å²) in [4.78, 5) is 0. The smallest absolute Gasteiger partial charge is 0.154 e. The second-order valence-corrected chi connectivity index (χ2v) is 7.46. The van der Waals surface area contributed by atoms with Crippen molar-refractivity contribution in [1.82, 2.24) is 0 Å². The van der Waals surface area contributed by atoms with Gasteiger partial charge in [0.2, 0.25) is 0 Å². The molecule has 0 fully saturated rings. The van der Waals surface area contributed by atoms with E-state index in [0.29, 0.717) is 5.92 Å². The molecule has 17 heavy (non-hydrogen) atoms. The molecule has 96 valence electrons. The molecule has 0 aliphatic carbocycles. The Balaban J connectivity index is 2.70. The van der Waals surface area contributed by atoms with Crippen molar-refractivity contribution in [3.05, 3.63) is 35.9 Å². The van der Waals surface area contributed by atoms with Gasteiger partial charge >= 0.3 is 0 Å². The Labute approximate surface area is 112 Å². The second-order valence-electron chi connectivity index (χ2n) is 4.70. The van der Waals surface area contributed by atoms with Crippen molar-refractivity contribution in [2.45, 2.75) is 19.6 Å². The van der Waals surface area contributed by atoms with Gasteiger partial charge in [-0.2, -0.15) is 0 Å². The summed E-state index contributed by atoms with van der Waals surface area (Å²) < 4.78 is 24.1. The largest absolute Gasteiger partial charge is 0.228 e. The lowest BCUT2D eigenvalue weighted by molar-refractivity contribution is 0.461. The number of rotatable bonds is 6. The van der Waals surface area contributed by atoms with Crippen LogP contribution in [0.4, 0.5) is 0 Å². The van der Waals surface area contributed by atoms with Crippen LogP contribution < -0.4 is 0 Å². The third-order valence-electron chi connectivity index (χ3n) is 2.84. The zero-order valence-electron chi connectivity index (χ0n) is 10.3. The Morgan fingerprint density at radius 1 is 1.18 bits per heavy atom. The number of hydrogen-bond donors (Lipinski definition) is 0. The molecule has 0 radical (unpaired) electrons. The van der Waals surface area contributed by atoms with Gasteiger partial charge in [-0.15, -0.1) is 0 Å². The van der Waals surface area contributed by atoms with Crippen LogP contribution in [0.2, 0.25) is 0 Å². The van der Waals surface area contributed by atoms with Gasteiger partial charge in [0, 0.05) is 5.33 Å². The van der Waals surface area contributed by atoms with Crippen LogP contribution in [0, 0.1) is 11.8 Å². The zero-order chi connectivity index (χ0) is 12.9. The van der Waals surface area contributed by atoms with E-state index in [0.717, 1.165) is 10.9 Å². The lowest BCUT2D eigenvalue weighted by Gasteiger charge is -2.18. The maximum atomic E-state index is 12.1. The number of hydrogen-bond acceptors (Lipinski definition) is 2. The first-order chi connectivity index (χ1) is 7.94. The average molecular weight is 319 g/mol. The van der Waals surface area contributed by atoms with Crippen LogP contribution in [-0.4, -0.2) is 19.5 Å². The third-order valence-corrected chi connectivity index (χ3v) is 5.38. The fourth-order valence-electron chi connectivity index (χ4n) is 1.63. The molecule has 1 rings (SSSR count). The van der Waals surface area contributed by atoms with E-state index in [2.05, 4.69) is 29.8 Å². The predicted molar refractivity (Wildman–Crippen MR) is 76.1 cm³/mol. The van der Waals surface area contributed by atoms with Crippen LogP contribution in [0.3, 0.4) is 0 Å². The molecule has 0 heterocycles. The first-order valence-corrected chi connectivity index (χ1v) is 8.69. The molecule has 0 bridgehead atoms. The zero-order valence-corrected chi connectivity index (χ0v) is 12.7. The molecule has 0 aliphatic heterocycles. The molecule has 0 saturated heterocycles. The molecule has 0 aromatic heterocycles. The minimum Gasteiger partial charge on any atom is -0.228 e. The molecule has 0 aliphatic rings. The Morgan fingerprint density at radius 2 is 1.76 bits per heavy atom. The summed E-state index contributed by atoms with van der Waals surface area (Å²) in [6.07, 6.45) is 0. The molecule has 1 aromatic carbocycles. The molecule has 1 aromatic rings. The van der Waals surface area contributed by atoms with Gasteiger partial charge in [-0.3, -0.25) is 0 Å². The summed E-state index contributed by atoms with van der Waals surface area (Å²) >= 11 is 3.39. The van der Waals surface area contributed by atoms with Gasteiger partial charge in [0.25, 0.3) is 0 Å². The van der Waals surface area contributed by atoms with E-state index in [4.69, 9.17) is 0 Å². The molecule has 1 unspecified atom stereocenters. The predicted octanol–water partition coefficient (Wildman–Crippen LogP) is 3.27. The van der Waals surface area contributed by atoms with Crippen molar-refractivity contribution in [2.75, 3.05) is 11.1 Å². The molecule has 0 spiro atoms. The topological polar surface area (TPSA) is 34.1 Å². The number of benzene rings is 1. The number of halogens is 1. The Bertz CT molecular complexity index is 426. The van der Waals surface area contributed by atoms with E-state index in [1.807, 2.05) is 30.3 Å². The van der Waals surface area contributed by atoms with E-state index < -0.39 is 9.84 Å². The van der Waals surface area contributed by atoms with E-state index in [9.17, 15) is 8.42 Å². The van der Waals surface area contributed by atoms with E-state index >= 15 is 0 Å². The molecule has 4 heteroatoms. The summed E-state index contributed by atoms with van der Waals surface area (Å²) in [6.45, 7) is 4.12. The highest BCUT2D eigenvalue weighted by Gasteiger charge is 2.21. The van der Waals surface area contributed by atoms with Crippen molar-refractivity contribution < 1.29 is 8.42 Å². The average Bonchev–Trinajstić information content (AvgIpc) is 2.26. The van der Waals surface area contributed by atoms with Crippen molar-refractivity contribution in [1.29, 1.82) is 0 Å². The monoisotopic (exact) mass is 318 g/mol. The van der Waals surface area contributed by atoms with Gasteiger partial charge < -0.3 is 0 Å². The van der Waals surface area contributed by atoms with Crippen LogP contribution in [0.5, 0.6) is 0 Å². The maximum absolute atomic E-state index is 12.1. The molecule has 1 atom stereocenters. The van der Waals surface area contributed by atoms with E-state index in [1.165, 1.54) is 0 Å². The summed E-state index contributed by atoms with van der Waals surface area (Å²) in [5.41, 5.74) is 0.865. The van der Waals surface area contributed by atoms with Gasteiger partial charge in [-0.05, 0) is 17.4 Å². The summed E-state index contributed by atoms with van der Waals surface area (Å²) in [6, 6.07) is 9.35. The van der Waals surface area contributed by atoms with Gasteiger partial charge in [-0.25, -0.2) is 8.42 Å². The summed E-state index contributed by atoms with van der Waals surface area (Å²) in [7, 11) is -3.02. The van der Waals surface area contributed by atoms with Gasteiger partial charge in [0.1, 0.15) is 0 Å². The second kappa shape index (κ2) is 6.55. The van der Waals surface area contributed by atoms with Crippen LogP contribution in [0.25, 0.3) is 0 Å². The van der Waals surface area contributed by atoms with Crippen molar-refractivity contribution >= 4 is 25.8 Å². The van der Waals surface area contributed by atoms with E-state index in [1.54, 1.807) is 0 Å². The summed E-state index contributed by atoms with van der Waals surface area (Å²) in [5, 5.41) is 0.735. The minimum atomic E-state index is -3.02. The fraction of sp³-hybridized carbons (Fsp3) is 0.538. The molecule has 0 N–H and O–H groups in total. The van der Waals surface area contributed by atoms with Gasteiger partial charge in [0.15, 0.2) is 9.84 Å². The van der Waals surface area contributed by atoms with Crippen LogP contribution in [0.1, 0.15) is 19.4 Å². The fourth-order valence-corrected chi connectivity index (χ4v) is 4.88. The van der Waals surface area contributed by atoms with Gasteiger partial charge in [-0.1, -0.05) is 60.1 Å². The molecular formula is C13H19BrO2S. The Morgan fingerprint density at radius 3 is 2.24 bits per heavy atom. The van der Waals surface area contributed by atoms with Crippen LogP contribution >= 0.6 is 15.9 Å². The van der Waals surface area contributed by atoms with Gasteiger partial charge in [0.05, 0.1) is 11.5 Å². The first-order valence-electron chi connectivity index (χ1n) is 5.75. The van der Waals surface area contributed by atoms with Crippen molar-refractivity contribution in [2.24, 2.45) is 11.8 Å². The summed E-state index contributed by atoms with van der Waals surface area (Å²) in [5.74, 6) is 0.957. The highest BCUT2D eigenvalue weighted by atomic mass is 79.9. The van der Waals surface area contributed by atoms with E-state index in [-0.39, 0.29) is 17.4 Å². The highest BCUT2D eigenvalue weighted by molar-refractivity contribution is 9.09. The van der Waals surface area contributed by atoms with Crippen LogP contribution in [-0.2, 0) is 15.6 Å². The van der Waals surface area contributed by atoms with Crippen LogP contribution in [0.15, 0.2) is 30.3 Å². The molecular weight excluding hydrogens is 300 g/mol. The first kappa shape index (κ1) is 14.7. The standard InChI is InChI=1S/C13H19BrO2S/c1-11(2)13(8-14)10-17(15,16)9-12-6-4-3-5-7-12/h3-7,11,13H,8-10H2,1-2H3. The van der Waals surface area contributed by atoms with Crippen molar-refractivity contribution in [3.8, 4) is 0 Å².